The normalized spacial score (nSPS) is 10.9. The molecule has 6 nitrogen and oxygen atoms in total. The van der Waals surface area contributed by atoms with Gasteiger partial charge in [-0.2, -0.15) is 4.98 Å². The average molecular weight is 295 g/mol. The van der Waals surface area contributed by atoms with Crippen molar-refractivity contribution in [2.75, 3.05) is 5.32 Å². The number of benzene rings is 1. The smallest absolute Gasteiger partial charge is 0.295 e. The molecule has 0 radical (unpaired) electrons. The molecule has 3 rings (SSSR count). The molecule has 1 N–H and O–H groups in total. The first-order chi connectivity index (χ1) is 10.4. The van der Waals surface area contributed by atoms with Gasteiger partial charge in [-0.25, -0.2) is 9.50 Å². The molecule has 1 aromatic carbocycles. The van der Waals surface area contributed by atoms with E-state index in [9.17, 15) is 4.79 Å². The summed E-state index contributed by atoms with van der Waals surface area (Å²) in [7, 11) is 0. The van der Waals surface area contributed by atoms with E-state index >= 15 is 0 Å². The summed E-state index contributed by atoms with van der Waals surface area (Å²) in [6.45, 7) is 7.76. The number of aryl methyl sites for hydroxylation is 4. The zero-order valence-electron chi connectivity index (χ0n) is 13.0. The van der Waals surface area contributed by atoms with Crippen LogP contribution in [0.25, 0.3) is 5.78 Å². The van der Waals surface area contributed by atoms with Gasteiger partial charge in [0.1, 0.15) is 0 Å². The van der Waals surface area contributed by atoms with E-state index in [4.69, 9.17) is 0 Å². The molecule has 112 valence electrons. The molecule has 6 heteroatoms. The van der Waals surface area contributed by atoms with Crippen LogP contribution in [-0.2, 0) is 0 Å². The predicted octanol–water partition coefficient (Wildman–Crippen LogP) is 2.61. The van der Waals surface area contributed by atoms with Gasteiger partial charge >= 0.3 is 0 Å². The van der Waals surface area contributed by atoms with Gasteiger partial charge in [0.15, 0.2) is 0 Å². The number of fused-ring (bicyclic) bond motifs is 1. The highest BCUT2D eigenvalue weighted by Gasteiger charge is 2.15. The summed E-state index contributed by atoms with van der Waals surface area (Å²) < 4.78 is 1.57. The van der Waals surface area contributed by atoms with Gasteiger partial charge in [0.2, 0.25) is 5.82 Å². The van der Waals surface area contributed by atoms with Crippen LogP contribution in [0, 0.1) is 27.7 Å². The van der Waals surface area contributed by atoms with E-state index in [1.807, 2.05) is 52.0 Å². The molecule has 1 amide bonds. The summed E-state index contributed by atoms with van der Waals surface area (Å²) in [5.74, 6) is 0.207. The van der Waals surface area contributed by atoms with Gasteiger partial charge in [-0.3, -0.25) is 4.79 Å². The SMILES string of the molecule is Cc1ccc(NC(=O)c2nc3nc(C)cc(C)n3n2)c(C)c1. The highest BCUT2D eigenvalue weighted by Crippen LogP contribution is 2.16. The van der Waals surface area contributed by atoms with Gasteiger partial charge < -0.3 is 5.32 Å². The van der Waals surface area contributed by atoms with E-state index < -0.39 is 0 Å². The van der Waals surface area contributed by atoms with Crippen molar-refractivity contribution in [1.29, 1.82) is 0 Å². The van der Waals surface area contributed by atoms with Crippen LogP contribution < -0.4 is 5.32 Å². The van der Waals surface area contributed by atoms with Crippen LogP contribution in [0.4, 0.5) is 5.69 Å². The van der Waals surface area contributed by atoms with Crippen LogP contribution in [0.2, 0.25) is 0 Å². The molecule has 0 atom stereocenters. The summed E-state index contributed by atoms with van der Waals surface area (Å²) in [4.78, 5) is 20.8. The maximum Gasteiger partial charge on any atom is 0.295 e. The number of anilines is 1. The van der Waals surface area contributed by atoms with Gasteiger partial charge in [-0.05, 0) is 45.4 Å². The lowest BCUT2D eigenvalue weighted by Gasteiger charge is -2.07. The summed E-state index contributed by atoms with van der Waals surface area (Å²) in [5, 5.41) is 7.07. The number of nitrogens with one attached hydrogen (secondary N) is 1. The zero-order valence-corrected chi connectivity index (χ0v) is 13.0. The van der Waals surface area contributed by atoms with Gasteiger partial charge in [0.05, 0.1) is 0 Å². The fourth-order valence-corrected chi connectivity index (χ4v) is 2.39. The first kappa shape index (κ1) is 14.2. The summed E-state index contributed by atoms with van der Waals surface area (Å²) >= 11 is 0. The molecule has 2 heterocycles. The molecule has 0 saturated carbocycles. The highest BCUT2D eigenvalue weighted by molar-refractivity contribution is 6.02. The second-order valence-electron chi connectivity index (χ2n) is 5.46. The lowest BCUT2D eigenvalue weighted by Crippen LogP contribution is -2.14. The Kier molecular flexibility index (Phi) is 3.36. The number of aromatic nitrogens is 4. The van der Waals surface area contributed by atoms with Crippen LogP contribution in [0.3, 0.4) is 0 Å². The molecule has 0 aliphatic carbocycles. The zero-order chi connectivity index (χ0) is 15.9. The molecule has 0 spiro atoms. The Bertz CT molecular complexity index is 882. The van der Waals surface area contributed by atoms with Crippen LogP contribution in [0.1, 0.15) is 33.1 Å². The van der Waals surface area contributed by atoms with E-state index in [0.29, 0.717) is 5.78 Å². The minimum atomic E-state index is -0.338. The number of hydrogen-bond donors (Lipinski definition) is 1. The Morgan fingerprint density at radius 2 is 1.86 bits per heavy atom. The topological polar surface area (TPSA) is 72.2 Å². The van der Waals surface area contributed by atoms with Crippen molar-refractivity contribution in [3.05, 3.63) is 52.6 Å². The van der Waals surface area contributed by atoms with E-state index in [-0.39, 0.29) is 11.7 Å². The molecule has 2 aromatic heterocycles. The Labute approximate surface area is 128 Å². The Morgan fingerprint density at radius 3 is 2.59 bits per heavy atom. The molecule has 0 fully saturated rings. The lowest BCUT2D eigenvalue weighted by molar-refractivity contribution is 0.101. The number of rotatable bonds is 2. The number of nitrogens with zero attached hydrogens (tertiary/aromatic N) is 4. The molecule has 0 aliphatic heterocycles. The van der Waals surface area contributed by atoms with Crippen molar-refractivity contribution >= 4 is 17.4 Å². The average Bonchev–Trinajstić information content (AvgIpc) is 2.86. The van der Waals surface area contributed by atoms with E-state index in [0.717, 1.165) is 28.2 Å². The summed E-state index contributed by atoms with van der Waals surface area (Å²) in [5.41, 5.74) is 4.65. The second-order valence-corrected chi connectivity index (χ2v) is 5.46. The molecule has 0 aliphatic rings. The third-order valence-electron chi connectivity index (χ3n) is 3.45. The monoisotopic (exact) mass is 295 g/mol. The Morgan fingerprint density at radius 1 is 1.09 bits per heavy atom. The highest BCUT2D eigenvalue weighted by atomic mass is 16.2. The third kappa shape index (κ3) is 2.55. The largest absolute Gasteiger partial charge is 0.319 e. The molecular weight excluding hydrogens is 278 g/mol. The quantitative estimate of drug-likeness (QED) is 0.788. The Hall–Kier alpha value is -2.76. The molecular formula is C16H17N5O. The van der Waals surface area contributed by atoms with E-state index in [2.05, 4.69) is 20.4 Å². The summed E-state index contributed by atoms with van der Waals surface area (Å²) in [6.07, 6.45) is 0. The van der Waals surface area contributed by atoms with Gasteiger partial charge in [-0.15, -0.1) is 5.10 Å². The minimum Gasteiger partial charge on any atom is -0.319 e. The van der Waals surface area contributed by atoms with Crippen molar-refractivity contribution in [1.82, 2.24) is 19.6 Å². The first-order valence-electron chi connectivity index (χ1n) is 7.03. The first-order valence-corrected chi connectivity index (χ1v) is 7.03. The third-order valence-corrected chi connectivity index (χ3v) is 3.45. The van der Waals surface area contributed by atoms with Gasteiger partial charge in [0, 0.05) is 17.1 Å². The van der Waals surface area contributed by atoms with E-state index in [1.54, 1.807) is 4.52 Å². The minimum absolute atomic E-state index is 0.112. The molecule has 0 bridgehead atoms. The van der Waals surface area contributed by atoms with Gasteiger partial charge in [0.25, 0.3) is 11.7 Å². The molecule has 0 unspecified atom stereocenters. The van der Waals surface area contributed by atoms with Crippen molar-refractivity contribution in [3.63, 3.8) is 0 Å². The van der Waals surface area contributed by atoms with Crippen LogP contribution in [-0.4, -0.2) is 25.5 Å². The number of amides is 1. The standard InChI is InChI=1S/C16H17N5O/c1-9-5-6-13(10(2)7-9)18-15(22)14-19-16-17-11(3)8-12(4)21(16)20-14/h5-8H,1-4H3,(H,18,22). The van der Waals surface area contributed by atoms with E-state index in [1.165, 1.54) is 0 Å². The Balaban J connectivity index is 1.93. The lowest BCUT2D eigenvalue weighted by atomic mass is 10.1. The maximum atomic E-state index is 12.3. The van der Waals surface area contributed by atoms with Crippen LogP contribution in [0.15, 0.2) is 24.3 Å². The second kappa shape index (κ2) is 5.22. The maximum absolute atomic E-state index is 12.3. The fraction of sp³-hybridized carbons (Fsp3) is 0.250. The van der Waals surface area contributed by atoms with Crippen LogP contribution >= 0.6 is 0 Å². The number of hydrogen-bond acceptors (Lipinski definition) is 4. The molecule has 0 saturated heterocycles. The van der Waals surface area contributed by atoms with Gasteiger partial charge in [-0.1, -0.05) is 17.7 Å². The molecule has 22 heavy (non-hydrogen) atoms. The predicted molar refractivity (Wildman–Crippen MR) is 84.1 cm³/mol. The van der Waals surface area contributed by atoms with Crippen molar-refractivity contribution in [2.45, 2.75) is 27.7 Å². The fourth-order valence-electron chi connectivity index (χ4n) is 2.39. The molecule has 3 aromatic rings. The van der Waals surface area contributed by atoms with Crippen molar-refractivity contribution < 1.29 is 4.79 Å². The number of carbonyl (C=O) groups excluding carboxylic acids is 1. The number of carbonyl (C=O) groups is 1. The summed E-state index contributed by atoms with van der Waals surface area (Å²) in [6, 6.07) is 7.75. The van der Waals surface area contributed by atoms with Crippen molar-refractivity contribution in [3.8, 4) is 0 Å². The van der Waals surface area contributed by atoms with Crippen LogP contribution in [0.5, 0.6) is 0 Å². The van der Waals surface area contributed by atoms with Crippen molar-refractivity contribution in [2.24, 2.45) is 0 Å².